The van der Waals surface area contributed by atoms with E-state index in [-0.39, 0.29) is 5.69 Å². The first-order valence-corrected chi connectivity index (χ1v) is 7.83. The molecule has 0 amide bonds. The van der Waals surface area contributed by atoms with E-state index in [0.717, 1.165) is 16.8 Å². The fourth-order valence-corrected chi connectivity index (χ4v) is 2.26. The lowest BCUT2D eigenvalue weighted by molar-refractivity contribution is -0.384. The number of aromatic nitrogens is 2. The zero-order chi connectivity index (χ0) is 18.5. The predicted octanol–water partition coefficient (Wildman–Crippen LogP) is 3.14. The number of anilines is 1. The third-order valence-corrected chi connectivity index (χ3v) is 3.60. The monoisotopic (exact) mass is 351 g/mol. The van der Waals surface area contributed by atoms with Crippen LogP contribution in [0.2, 0.25) is 0 Å². The van der Waals surface area contributed by atoms with Gasteiger partial charge >= 0.3 is 0 Å². The van der Waals surface area contributed by atoms with Crippen molar-refractivity contribution >= 4 is 17.9 Å². The molecule has 0 spiro atoms. The molecule has 0 bridgehead atoms. The summed E-state index contributed by atoms with van der Waals surface area (Å²) in [6.45, 7) is 2.18. The van der Waals surface area contributed by atoms with Crippen LogP contribution in [0, 0.1) is 17.0 Å². The number of benzene rings is 2. The number of nitro benzene ring substituents is 1. The van der Waals surface area contributed by atoms with Gasteiger partial charge in [-0.2, -0.15) is 5.10 Å². The van der Waals surface area contributed by atoms with Gasteiger partial charge in [-0.05, 0) is 54.4 Å². The zero-order valence-electron chi connectivity index (χ0n) is 14.1. The zero-order valence-corrected chi connectivity index (χ0v) is 14.1. The van der Waals surface area contributed by atoms with Crippen molar-refractivity contribution < 1.29 is 9.66 Å². The van der Waals surface area contributed by atoms with Gasteiger partial charge in [0, 0.05) is 12.1 Å². The lowest BCUT2D eigenvalue weighted by Crippen LogP contribution is -1.97. The molecule has 1 aromatic heterocycles. The van der Waals surface area contributed by atoms with Crippen molar-refractivity contribution in [3.63, 3.8) is 0 Å². The van der Waals surface area contributed by atoms with Crippen molar-refractivity contribution in [2.75, 3.05) is 5.73 Å². The summed E-state index contributed by atoms with van der Waals surface area (Å²) in [5.41, 5.74) is 8.33. The van der Waals surface area contributed by atoms with E-state index in [4.69, 9.17) is 10.5 Å². The molecule has 3 rings (SSSR count). The second kappa shape index (κ2) is 7.47. The number of rotatable bonds is 6. The van der Waals surface area contributed by atoms with Gasteiger partial charge < -0.3 is 10.5 Å². The number of imidazole rings is 1. The minimum atomic E-state index is -0.427. The Balaban J connectivity index is 1.59. The molecule has 1 heterocycles. The molecule has 0 aliphatic carbocycles. The van der Waals surface area contributed by atoms with E-state index in [0.29, 0.717) is 18.3 Å². The van der Waals surface area contributed by atoms with E-state index in [1.807, 2.05) is 31.2 Å². The van der Waals surface area contributed by atoms with Crippen LogP contribution in [0.5, 0.6) is 5.75 Å². The molecule has 0 unspecified atom stereocenters. The number of hydrogen-bond acceptors (Lipinski definition) is 6. The molecule has 2 aromatic carbocycles. The minimum Gasteiger partial charge on any atom is -0.489 e. The molecule has 0 fully saturated rings. The summed E-state index contributed by atoms with van der Waals surface area (Å²) in [6, 6.07) is 13.7. The van der Waals surface area contributed by atoms with Crippen LogP contribution < -0.4 is 10.5 Å². The molecule has 2 N–H and O–H groups in total. The summed E-state index contributed by atoms with van der Waals surface area (Å²) >= 11 is 0. The van der Waals surface area contributed by atoms with E-state index >= 15 is 0 Å². The Morgan fingerprint density at radius 1 is 1.23 bits per heavy atom. The Morgan fingerprint density at radius 2 is 1.92 bits per heavy atom. The van der Waals surface area contributed by atoms with Crippen LogP contribution in [0.3, 0.4) is 0 Å². The van der Waals surface area contributed by atoms with Crippen LogP contribution in [0.4, 0.5) is 11.6 Å². The van der Waals surface area contributed by atoms with Crippen molar-refractivity contribution in [1.29, 1.82) is 0 Å². The molecule has 8 nitrogen and oxygen atoms in total. The topological polar surface area (TPSA) is 109 Å². The molecule has 0 aliphatic rings. The van der Waals surface area contributed by atoms with Crippen LogP contribution in [-0.4, -0.2) is 20.8 Å². The summed E-state index contributed by atoms with van der Waals surface area (Å²) < 4.78 is 7.19. The molecule has 0 atom stereocenters. The summed E-state index contributed by atoms with van der Waals surface area (Å²) in [5, 5.41) is 14.9. The van der Waals surface area contributed by atoms with Crippen LogP contribution in [0.15, 0.2) is 59.8 Å². The highest BCUT2D eigenvalue weighted by Crippen LogP contribution is 2.16. The fourth-order valence-electron chi connectivity index (χ4n) is 2.26. The van der Waals surface area contributed by atoms with Crippen LogP contribution in [0.25, 0.3) is 0 Å². The molecular formula is C18H17N5O3. The number of nitrogen functional groups attached to an aromatic ring is 1. The predicted molar refractivity (Wildman–Crippen MR) is 98.2 cm³/mol. The van der Waals surface area contributed by atoms with E-state index < -0.39 is 4.92 Å². The Hall–Kier alpha value is -3.68. The first-order chi connectivity index (χ1) is 12.5. The van der Waals surface area contributed by atoms with Crippen LogP contribution in [-0.2, 0) is 6.61 Å². The van der Waals surface area contributed by atoms with E-state index in [1.165, 1.54) is 16.8 Å². The molecule has 132 valence electrons. The van der Waals surface area contributed by atoms with Crippen LogP contribution >= 0.6 is 0 Å². The molecule has 0 saturated heterocycles. The summed E-state index contributed by atoms with van der Waals surface area (Å²) in [5.74, 6) is 1.03. The van der Waals surface area contributed by atoms with E-state index in [1.54, 1.807) is 24.5 Å². The minimum absolute atomic E-state index is 0.0612. The molecule has 0 aliphatic heterocycles. The standard InChI is InChI=1S/C18H17N5O3/c1-13-11-22(18(19)21-13)20-10-14-4-8-17(9-5-14)26-12-15-2-6-16(7-3-15)23(24)25/h2-11H,12H2,1H3,(H2,19,21). The van der Waals surface area contributed by atoms with Gasteiger partial charge in [0.1, 0.15) is 12.4 Å². The molecule has 3 aromatic rings. The van der Waals surface area contributed by atoms with Crippen molar-refractivity contribution in [3.8, 4) is 5.75 Å². The lowest BCUT2D eigenvalue weighted by Gasteiger charge is -2.06. The van der Waals surface area contributed by atoms with E-state index in [9.17, 15) is 10.1 Å². The number of nitro groups is 1. The molecule has 26 heavy (non-hydrogen) atoms. The van der Waals surface area contributed by atoms with Gasteiger partial charge in [-0.3, -0.25) is 10.1 Å². The average molecular weight is 351 g/mol. The average Bonchev–Trinajstić information content (AvgIpc) is 2.96. The quantitative estimate of drug-likeness (QED) is 0.417. The van der Waals surface area contributed by atoms with Gasteiger partial charge in [0.05, 0.1) is 23.0 Å². The van der Waals surface area contributed by atoms with Crippen molar-refractivity contribution in [1.82, 2.24) is 9.66 Å². The first kappa shape index (κ1) is 17.2. The highest BCUT2D eigenvalue weighted by Gasteiger charge is 2.04. The van der Waals surface area contributed by atoms with Gasteiger partial charge in [0.2, 0.25) is 5.95 Å². The first-order valence-electron chi connectivity index (χ1n) is 7.83. The molecule has 0 saturated carbocycles. The number of hydrogen-bond donors (Lipinski definition) is 1. The van der Waals surface area contributed by atoms with Gasteiger partial charge in [0.15, 0.2) is 0 Å². The highest BCUT2D eigenvalue weighted by atomic mass is 16.6. The lowest BCUT2D eigenvalue weighted by atomic mass is 10.2. The Kier molecular flexibility index (Phi) is 4.93. The summed E-state index contributed by atoms with van der Waals surface area (Å²) in [6.07, 6.45) is 3.42. The SMILES string of the molecule is Cc1cn(N=Cc2ccc(OCc3ccc([N+](=O)[O-])cc3)cc2)c(N)n1. The summed E-state index contributed by atoms with van der Waals surface area (Å²) in [4.78, 5) is 14.3. The second-order valence-corrected chi connectivity index (χ2v) is 5.61. The fraction of sp³-hybridized carbons (Fsp3) is 0.111. The Labute approximate surface area is 149 Å². The van der Waals surface area contributed by atoms with Crippen molar-refractivity contribution in [2.24, 2.45) is 5.10 Å². The maximum Gasteiger partial charge on any atom is 0.269 e. The van der Waals surface area contributed by atoms with Gasteiger partial charge in [-0.1, -0.05) is 0 Å². The highest BCUT2D eigenvalue weighted by molar-refractivity contribution is 5.79. The second-order valence-electron chi connectivity index (χ2n) is 5.61. The van der Waals surface area contributed by atoms with Crippen LogP contribution in [0.1, 0.15) is 16.8 Å². The molecule has 0 radical (unpaired) electrons. The van der Waals surface area contributed by atoms with Gasteiger partial charge in [-0.15, -0.1) is 0 Å². The number of nitrogens with two attached hydrogens (primary N) is 1. The number of ether oxygens (including phenoxy) is 1. The Morgan fingerprint density at radius 3 is 2.50 bits per heavy atom. The maximum atomic E-state index is 10.6. The maximum absolute atomic E-state index is 10.6. The third-order valence-electron chi connectivity index (χ3n) is 3.60. The number of aryl methyl sites for hydroxylation is 1. The van der Waals surface area contributed by atoms with E-state index in [2.05, 4.69) is 10.1 Å². The van der Waals surface area contributed by atoms with Crippen molar-refractivity contribution in [3.05, 3.63) is 81.7 Å². The van der Waals surface area contributed by atoms with Gasteiger partial charge in [-0.25, -0.2) is 9.66 Å². The van der Waals surface area contributed by atoms with Gasteiger partial charge in [0.25, 0.3) is 5.69 Å². The summed E-state index contributed by atoms with van der Waals surface area (Å²) in [7, 11) is 0. The smallest absolute Gasteiger partial charge is 0.269 e. The third kappa shape index (κ3) is 4.23. The molecular weight excluding hydrogens is 334 g/mol. The Bertz CT molecular complexity index is 930. The normalized spacial score (nSPS) is 11.0. The largest absolute Gasteiger partial charge is 0.489 e. The number of non-ortho nitro benzene ring substituents is 1. The number of nitrogens with zero attached hydrogens (tertiary/aromatic N) is 4. The molecule has 8 heteroatoms. The van der Waals surface area contributed by atoms with Crippen molar-refractivity contribution in [2.45, 2.75) is 13.5 Å².